The van der Waals surface area contributed by atoms with Crippen molar-refractivity contribution >= 4 is 5.69 Å². The predicted octanol–water partition coefficient (Wildman–Crippen LogP) is 2.50. The maximum atomic E-state index is 10.9. The van der Waals surface area contributed by atoms with Gasteiger partial charge < -0.3 is 15.2 Å². The number of nitrogens with zero attached hydrogens (tertiary/aromatic N) is 1. The molecule has 116 valence electrons. The van der Waals surface area contributed by atoms with Crippen molar-refractivity contribution in [3.05, 3.63) is 33.9 Å². The fourth-order valence-corrected chi connectivity index (χ4v) is 2.92. The number of benzene rings is 1. The Hall–Kier alpha value is -1.66. The highest BCUT2D eigenvalue weighted by molar-refractivity contribution is 5.42. The van der Waals surface area contributed by atoms with Gasteiger partial charge >= 0.3 is 0 Å². The molecule has 2 atom stereocenters. The Balaban J connectivity index is 1.93. The number of nitrogens with two attached hydrogens (primary N) is 1. The number of nitro groups is 1. The molecule has 1 saturated carbocycles. The first-order chi connectivity index (χ1) is 10.1. The third kappa shape index (κ3) is 4.15. The Morgan fingerprint density at radius 3 is 2.76 bits per heavy atom. The van der Waals surface area contributed by atoms with E-state index in [1.54, 1.807) is 6.07 Å². The molecule has 1 aromatic rings. The van der Waals surface area contributed by atoms with Crippen molar-refractivity contribution in [2.45, 2.75) is 25.9 Å². The van der Waals surface area contributed by atoms with Gasteiger partial charge in [0.05, 0.1) is 31.3 Å². The summed E-state index contributed by atoms with van der Waals surface area (Å²) in [6.45, 7) is 1.72. The zero-order chi connectivity index (χ0) is 15.2. The third-order valence-electron chi connectivity index (χ3n) is 4.12. The number of hydrogen-bond acceptors (Lipinski definition) is 5. The van der Waals surface area contributed by atoms with E-state index in [0.29, 0.717) is 37.3 Å². The molecule has 0 aliphatic heterocycles. The van der Waals surface area contributed by atoms with Crippen LogP contribution in [0.2, 0.25) is 0 Å². The zero-order valence-electron chi connectivity index (χ0n) is 12.3. The number of methoxy groups -OCH3 is 1. The maximum absolute atomic E-state index is 10.9. The number of non-ortho nitro benzene ring substituents is 1. The van der Waals surface area contributed by atoms with Gasteiger partial charge in [0.1, 0.15) is 5.75 Å². The quantitative estimate of drug-likeness (QED) is 0.616. The van der Waals surface area contributed by atoms with E-state index < -0.39 is 4.92 Å². The minimum absolute atomic E-state index is 0.0219. The second-order valence-corrected chi connectivity index (χ2v) is 5.50. The lowest BCUT2D eigenvalue weighted by Crippen LogP contribution is -2.22. The second kappa shape index (κ2) is 7.38. The molecule has 2 rings (SSSR count). The van der Waals surface area contributed by atoms with E-state index in [0.717, 1.165) is 12.0 Å². The normalized spacial score (nSPS) is 21.4. The lowest BCUT2D eigenvalue weighted by Gasteiger charge is -2.17. The molecule has 1 aliphatic rings. The van der Waals surface area contributed by atoms with Gasteiger partial charge in [0.2, 0.25) is 0 Å². The molecule has 0 radical (unpaired) electrons. The lowest BCUT2D eigenvalue weighted by atomic mass is 9.97. The molecular weight excluding hydrogens is 272 g/mol. The lowest BCUT2D eigenvalue weighted by molar-refractivity contribution is -0.385. The molecule has 0 spiro atoms. The zero-order valence-corrected chi connectivity index (χ0v) is 12.3. The first-order valence-corrected chi connectivity index (χ1v) is 7.24. The fraction of sp³-hybridized carbons (Fsp3) is 0.600. The standard InChI is InChI=1S/C15H22N2O4/c1-20-15-6-11(5-14(7-15)17(18)19)9-21-10-13-4-2-3-12(13)8-16/h5-7,12-13H,2-4,8-10,16H2,1H3. The molecule has 0 bridgehead atoms. The van der Waals surface area contributed by atoms with Gasteiger partial charge in [-0.25, -0.2) is 0 Å². The van der Waals surface area contributed by atoms with Crippen LogP contribution in [-0.4, -0.2) is 25.2 Å². The van der Waals surface area contributed by atoms with Crippen LogP contribution < -0.4 is 10.5 Å². The molecule has 1 aliphatic carbocycles. The van der Waals surface area contributed by atoms with E-state index in [2.05, 4.69) is 0 Å². The minimum Gasteiger partial charge on any atom is -0.496 e. The van der Waals surface area contributed by atoms with E-state index in [9.17, 15) is 10.1 Å². The van der Waals surface area contributed by atoms with Gasteiger partial charge in [0.25, 0.3) is 5.69 Å². The van der Waals surface area contributed by atoms with Gasteiger partial charge in [-0.2, -0.15) is 0 Å². The highest BCUT2D eigenvalue weighted by Gasteiger charge is 2.26. The predicted molar refractivity (Wildman–Crippen MR) is 79.2 cm³/mol. The Morgan fingerprint density at radius 2 is 2.10 bits per heavy atom. The molecule has 0 heterocycles. The van der Waals surface area contributed by atoms with Crippen LogP contribution in [0.4, 0.5) is 5.69 Å². The maximum Gasteiger partial charge on any atom is 0.273 e. The molecule has 0 aromatic heterocycles. The average molecular weight is 294 g/mol. The largest absolute Gasteiger partial charge is 0.496 e. The number of ether oxygens (including phenoxy) is 2. The van der Waals surface area contributed by atoms with E-state index in [1.165, 1.54) is 32.1 Å². The monoisotopic (exact) mass is 294 g/mol. The van der Waals surface area contributed by atoms with Gasteiger partial charge in [-0.15, -0.1) is 0 Å². The highest BCUT2D eigenvalue weighted by Crippen LogP contribution is 2.31. The molecule has 21 heavy (non-hydrogen) atoms. The Bertz CT molecular complexity index is 493. The van der Waals surface area contributed by atoms with Gasteiger partial charge in [-0.3, -0.25) is 10.1 Å². The summed E-state index contributed by atoms with van der Waals surface area (Å²) in [6.07, 6.45) is 3.54. The summed E-state index contributed by atoms with van der Waals surface area (Å²) >= 11 is 0. The highest BCUT2D eigenvalue weighted by atomic mass is 16.6. The number of rotatable bonds is 7. The first kappa shape index (κ1) is 15.7. The van der Waals surface area contributed by atoms with E-state index >= 15 is 0 Å². The summed E-state index contributed by atoms with van der Waals surface area (Å²) in [4.78, 5) is 10.5. The van der Waals surface area contributed by atoms with Gasteiger partial charge in [-0.1, -0.05) is 6.42 Å². The fourth-order valence-electron chi connectivity index (χ4n) is 2.92. The van der Waals surface area contributed by atoms with Gasteiger partial charge in [-0.05, 0) is 42.9 Å². The SMILES string of the molecule is COc1cc(COCC2CCCC2CN)cc([N+](=O)[O-])c1. The van der Waals surface area contributed by atoms with Gasteiger partial charge in [0.15, 0.2) is 0 Å². The van der Waals surface area contributed by atoms with Crippen molar-refractivity contribution in [1.29, 1.82) is 0 Å². The van der Waals surface area contributed by atoms with Crippen LogP contribution in [0.1, 0.15) is 24.8 Å². The topological polar surface area (TPSA) is 87.6 Å². The van der Waals surface area contributed by atoms with Crippen molar-refractivity contribution in [1.82, 2.24) is 0 Å². The van der Waals surface area contributed by atoms with Crippen LogP contribution >= 0.6 is 0 Å². The van der Waals surface area contributed by atoms with Crippen LogP contribution in [0.5, 0.6) is 5.75 Å². The molecule has 1 fully saturated rings. The minimum atomic E-state index is -0.423. The summed E-state index contributed by atoms with van der Waals surface area (Å²) < 4.78 is 10.8. The molecule has 6 heteroatoms. The summed E-state index contributed by atoms with van der Waals surface area (Å²) in [5.41, 5.74) is 6.53. The Morgan fingerprint density at radius 1 is 1.33 bits per heavy atom. The summed E-state index contributed by atoms with van der Waals surface area (Å²) in [5.74, 6) is 1.53. The van der Waals surface area contributed by atoms with Crippen molar-refractivity contribution in [3.63, 3.8) is 0 Å². The van der Waals surface area contributed by atoms with Crippen LogP contribution in [0, 0.1) is 22.0 Å². The molecule has 2 N–H and O–H groups in total. The van der Waals surface area contributed by atoms with Crippen molar-refractivity contribution in [3.8, 4) is 5.75 Å². The van der Waals surface area contributed by atoms with E-state index in [-0.39, 0.29) is 5.69 Å². The molecular formula is C15H22N2O4. The van der Waals surface area contributed by atoms with Crippen LogP contribution in [-0.2, 0) is 11.3 Å². The molecule has 2 unspecified atom stereocenters. The smallest absolute Gasteiger partial charge is 0.273 e. The van der Waals surface area contributed by atoms with Crippen LogP contribution in [0.3, 0.4) is 0 Å². The van der Waals surface area contributed by atoms with Crippen molar-refractivity contribution in [2.75, 3.05) is 20.3 Å². The Labute approximate surface area is 124 Å². The van der Waals surface area contributed by atoms with Crippen molar-refractivity contribution in [2.24, 2.45) is 17.6 Å². The van der Waals surface area contributed by atoms with Crippen molar-refractivity contribution < 1.29 is 14.4 Å². The summed E-state index contributed by atoms with van der Waals surface area (Å²) in [6, 6.07) is 4.70. The van der Waals surface area contributed by atoms with E-state index in [4.69, 9.17) is 15.2 Å². The molecule has 0 amide bonds. The number of nitro benzene ring substituents is 1. The molecule has 6 nitrogen and oxygen atoms in total. The molecule has 1 aromatic carbocycles. The number of hydrogen-bond donors (Lipinski definition) is 1. The van der Waals surface area contributed by atoms with Gasteiger partial charge in [0, 0.05) is 6.07 Å². The third-order valence-corrected chi connectivity index (χ3v) is 4.12. The first-order valence-electron chi connectivity index (χ1n) is 7.24. The van der Waals surface area contributed by atoms with Crippen LogP contribution in [0.25, 0.3) is 0 Å². The summed E-state index contributed by atoms with van der Waals surface area (Å²) in [7, 11) is 1.49. The van der Waals surface area contributed by atoms with Crippen LogP contribution in [0.15, 0.2) is 18.2 Å². The summed E-state index contributed by atoms with van der Waals surface area (Å²) in [5, 5.41) is 10.9. The second-order valence-electron chi connectivity index (χ2n) is 5.50. The molecule has 0 saturated heterocycles. The van der Waals surface area contributed by atoms with E-state index in [1.807, 2.05) is 0 Å². The Kier molecular flexibility index (Phi) is 5.52. The average Bonchev–Trinajstić information content (AvgIpc) is 2.94.